The molecule has 0 radical (unpaired) electrons. The van der Waals surface area contributed by atoms with Crippen LogP contribution in [0.25, 0.3) is 0 Å². The highest BCUT2D eigenvalue weighted by Gasteiger charge is 2.38. The van der Waals surface area contributed by atoms with Crippen LogP contribution in [0.4, 0.5) is 5.69 Å². The Balaban J connectivity index is 1.04. The number of nitrogens with zero attached hydrogens (tertiary/aromatic N) is 1. The minimum Gasteiger partial charge on any atom is -0.457 e. The lowest BCUT2D eigenvalue weighted by atomic mass is 9.78. The van der Waals surface area contributed by atoms with Gasteiger partial charge in [-0.2, -0.15) is 0 Å². The first kappa shape index (κ1) is 33.5. The summed E-state index contributed by atoms with van der Waals surface area (Å²) in [6.07, 6.45) is 1.90. The van der Waals surface area contributed by atoms with E-state index >= 15 is 0 Å². The number of carbonyl (C=O) groups is 4. The van der Waals surface area contributed by atoms with Crippen molar-refractivity contribution in [2.45, 2.75) is 58.3 Å². The molecule has 1 N–H and O–H groups in total. The number of nitrogens with one attached hydrogen (secondary N) is 1. The molecule has 5 aromatic rings. The van der Waals surface area contributed by atoms with Crippen molar-refractivity contribution in [3.63, 3.8) is 0 Å². The first-order chi connectivity index (χ1) is 24.4. The Labute approximate surface area is 297 Å². The van der Waals surface area contributed by atoms with Crippen LogP contribution in [0.3, 0.4) is 0 Å². The quantitative estimate of drug-likeness (QED) is 0.148. The van der Waals surface area contributed by atoms with Crippen molar-refractivity contribution >= 4 is 29.3 Å². The maximum Gasteiger partial charge on any atom is 0.266 e. The Morgan fingerprint density at radius 1 is 0.529 bits per heavy atom. The highest BCUT2D eigenvalue weighted by Crippen LogP contribution is 2.38. The van der Waals surface area contributed by atoms with E-state index in [0.717, 1.165) is 29.5 Å². The molecule has 0 fully saturated rings. The lowest BCUT2D eigenvalue weighted by Gasteiger charge is -2.28. The Morgan fingerprint density at radius 3 is 1.59 bits per heavy atom. The van der Waals surface area contributed by atoms with E-state index in [1.165, 1.54) is 4.90 Å². The minimum atomic E-state index is -0.427. The van der Waals surface area contributed by atoms with Gasteiger partial charge in [-0.1, -0.05) is 71.0 Å². The van der Waals surface area contributed by atoms with Gasteiger partial charge in [-0.15, -0.1) is 0 Å². The molecule has 2 heterocycles. The lowest BCUT2D eigenvalue weighted by molar-refractivity contribution is 0.0874. The van der Waals surface area contributed by atoms with Crippen molar-refractivity contribution in [1.29, 1.82) is 0 Å². The highest BCUT2D eigenvalue weighted by molar-refractivity contribution is 6.34. The van der Waals surface area contributed by atoms with Gasteiger partial charge in [0.15, 0.2) is 0 Å². The van der Waals surface area contributed by atoms with Gasteiger partial charge >= 0.3 is 0 Å². The molecule has 256 valence electrons. The Bertz CT molecular complexity index is 2210. The van der Waals surface area contributed by atoms with E-state index in [1.807, 2.05) is 66.7 Å². The molecule has 7 rings (SSSR count). The zero-order chi connectivity index (χ0) is 36.1. The molecule has 4 amide bonds. The van der Waals surface area contributed by atoms with Gasteiger partial charge in [0.2, 0.25) is 0 Å². The second kappa shape index (κ2) is 12.7. The first-order valence-electron chi connectivity index (χ1n) is 17.1. The van der Waals surface area contributed by atoms with E-state index in [0.29, 0.717) is 50.9 Å². The molecule has 8 nitrogen and oxygen atoms in total. The number of ether oxygens (including phenoxy) is 2. The van der Waals surface area contributed by atoms with Crippen LogP contribution in [0.15, 0.2) is 109 Å². The predicted octanol–water partition coefficient (Wildman–Crippen LogP) is 9.36. The predicted molar refractivity (Wildman–Crippen MR) is 195 cm³/mol. The van der Waals surface area contributed by atoms with Crippen molar-refractivity contribution in [2.75, 3.05) is 4.90 Å². The molecule has 0 saturated heterocycles. The second-order valence-corrected chi connectivity index (χ2v) is 13.8. The van der Waals surface area contributed by atoms with E-state index < -0.39 is 11.8 Å². The van der Waals surface area contributed by atoms with Crippen LogP contribution in [0.5, 0.6) is 23.0 Å². The maximum absolute atomic E-state index is 13.6. The summed E-state index contributed by atoms with van der Waals surface area (Å²) in [5.74, 6) is 0.603. The molecule has 51 heavy (non-hydrogen) atoms. The fourth-order valence-electron chi connectivity index (χ4n) is 6.73. The van der Waals surface area contributed by atoms with Crippen LogP contribution in [0, 0.1) is 0 Å². The van der Waals surface area contributed by atoms with Crippen molar-refractivity contribution < 1.29 is 28.7 Å². The van der Waals surface area contributed by atoms with Gasteiger partial charge in [0.05, 0.1) is 27.9 Å². The van der Waals surface area contributed by atoms with Gasteiger partial charge in [0.25, 0.3) is 23.6 Å². The molecule has 8 heteroatoms. The van der Waals surface area contributed by atoms with E-state index in [1.54, 1.807) is 36.4 Å². The molecule has 0 atom stereocenters. The number of amides is 4. The van der Waals surface area contributed by atoms with Crippen LogP contribution < -0.4 is 19.7 Å². The van der Waals surface area contributed by atoms with Crippen LogP contribution in [0.1, 0.15) is 106 Å². The molecular formula is C43H38N2O6. The third kappa shape index (κ3) is 5.97. The fraction of sp³-hybridized carbons (Fsp3) is 0.209. The van der Waals surface area contributed by atoms with Gasteiger partial charge in [-0.3, -0.25) is 24.5 Å². The molecule has 5 aromatic carbocycles. The number of fused-ring (bicyclic) bond motifs is 2. The summed E-state index contributed by atoms with van der Waals surface area (Å²) in [5.41, 5.74) is 4.73. The third-order valence-corrected chi connectivity index (χ3v) is 10.6. The monoisotopic (exact) mass is 678 g/mol. The minimum absolute atomic E-state index is 0.0451. The van der Waals surface area contributed by atoms with Gasteiger partial charge in [0, 0.05) is 5.41 Å². The number of anilines is 1. The maximum atomic E-state index is 13.6. The molecular weight excluding hydrogens is 640 g/mol. The van der Waals surface area contributed by atoms with Gasteiger partial charge in [-0.05, 0) is 108 Å². The van der Waals surface area contributed by atoms with E-state index in [4.69, 9.17) is 9.47 Å². The molecule has 0 saturated carbocycles. The molecule has 0 aliphatic carbocycles. The molecule has 0 aromatic heterocycles. The SMILES string of the molecule is CCC(C)(CC)c1cccc(N2C(=O)c3ccc(Oc4ccc(C(C)(C)c5ccc(Oc6ccc7c(c6)C(=O)NC7=O)cc5)cc4)cc3C2=O)c1. The summed E-state index contributed by atoms with van der Waals surface area (Å²) >= 11 is 0. The number of hydrogen-bond donors (Lipinski definition) is 1. The largest absolute Gasteiger partial charge is 0.457 e. The summed E-state index contributed by atoms with van der Waals surface area (Å²) in [6.45, 7) is 10.8. The van der Waals surface area contributed by atoms with E-state index in [2.05, 4.69) is 46.0 Å². The summed E-state index contributed by atoms with van der Waals surface area (Å²) < 4.78 is 12.1. The first-order valence-corrected chi connectivity index (χ1v) is 17.1. The molecule has 0 unspecified atom stereocenters. The molecule has 0 spiro atoms. The normalized spacial score (nSPS) is 14.0. The van der Waals surface area contributed by atoms with Crippen LogP contribution in [0.2, 0.25) is 0 Å². The lowest BCUT2D eigenvalue weighted by Crippen LogP contribution is -2.30. The smallest absolute Gasteiger partial charge is 0.266 e. The standard InChI is InChI=1S/C43H38N2O6/c1-6-43(5,7-2)28-9-8-10-29(23-28)45-40(48)35-22-20-33(25-37(35)41(45)49)51-31-17-13-27(14-18-31)42(3,4)26-11-15-30(16-12-26)50-32-19-21-34-36(24-32)39(47)44-38(34)46/h8-25H,6-7H2,1-5H3,(H,44,46,47). The Kier molecular flexibility index (Phi) is 8.34. The number of benzene rings is 5. The number of rotatable bonds is 10. The fourth-order valence-corrected chi connectivity index (χ4v) is 6.73. The summed E-state index contributed by atoms with van der Waals surface area (Å²) in [6, 6.07) is 33.1. The van der Waals surface area contributed by atoms with Crippen molar-refractivity contribution in [1.82, 2.24) is 5.32 Å². The van der Waals surface area contributed by atoms with E-state index in [9.17, 15) is 19.2 Å². The van der Waals surface area contributed by atoms with Crippen LogP contribution >= 0.6 is 0 Å². The molecule has 2 aliphatic rings. The Hall–Kier alpha value is -6.02. The van der Waals surface area contributed by atoms with Crippen molar-refractivity contribution in [2.24, 2.45) is 0 Å². The van der Waals surface area contributed by atoms with Crippen molar-refractivity contribution in [3.05, 3.63) is 148 Å². The Morgan fingerprint density at radius 2 is 1.02 bits per heavy atom. The van der Waals surface area contributed by atoms with Gasteiger partial charge in [0.1, 0.15) is 23.0 Å². The summed E-state index contributed by atoms with van der Waals surface area (Å²) in [7, 11) is 0. The van der Waals surface area contributed by atoms with Crippen LogP contribution in [-0.4, -0.2) is 23.6 Å². The van der Waals surface area contributed by atoms with Crippen LogP contribution in [-0.2, 0) is 10.8 Å². The summed E-state index contributed by atoms with van der Waals surface area (Å²) in [4.78, 5) is 52.1. The molecule has 2 aliphatic heterocycles. The molecule has 0 bridgehead atoms. The number of carbonyl (C=O) groups excluding carboxylic acids is 4. The zero-order valence-electron chi connectivity index (χ0n) is 29.2. The topological polar surface area (TPSA) is 102 Å². The van der Waals surface area contributed by atoms with Gasteiger partial charge < -0.3 is 9.47 Å². The second-order valence-electron chi connectivity index (χ2n) is 13.8. The summed E-state index contributed by atoms with van der Waals surface area (Å²) in [5, 5.41) is 2.29. The van der Waals surface area contributed by atoms with E-state index in [-0.39, 0.29) is 22.6 Å². The third-order valence-electron chi connectivity index (χ3n) is 10.6. The van der Waals surface area contributed by atoms with Gasteiger partial charge in [-0.25, -0.2) is 4.90 Å². The van der Waals surface area contributed by atoms with Crippen molar-refractivity contribution in [3.8, 4) is 23.0 Å². The zero-order valence-corrected chi connectivity index (χ0v) is 29.2. The number of imide groups is 2. The average molecular weight is 679 g/mol. The highest BCUT2D eigenvalue weighted by atomic mass is 16.5. The average Bonchev–Trinajstić information content (AvgIpc) is 3.57. The number of hydrogen-bond acceptors (Lipinski definition) is 6.